The van der Waals surface area contributed by atoms with Gasteiger partial charge >= 0.3 is 0 Å². The van der Waals surface area contributed by atoms with Gasteiger partial charge in [-0.15, -0.1) is 0 Å². The summed E-state index contributed by atoms with van der Waals surface area (Å²) < 4.78 is 7.40. The third-order valence-corrected chi connectivity index (χ3v) is 2.40. The van der Waals surface area contributed by atoms with Crippen LogP contribution >= 0.6 is 0 Å². The molecule has 2 rings (SSSR count). The van der Waals surface area contributed by atoms with Crippen LogP contribution in [0.2, 0.25) is 0 Å². The zero-order chi connectivity index (χ0) is 13.0. The molecule has 0 aliphatic heterocycles. The van der Waals surface area contributed by atoms with Crippen LogP contribution in [0.15, 0.2) is 18.5 Å². The molecule has 2 aromatic heterocycles. The number of aromatic nitrogens is 4. The topological polar surface area (TPSA) is 78.9 Å². The van der Waals surface area contributed by atoms with Crippen molar-refractivity contribution in [1.29, 1.82) is 0 Å². The van der Waals surface area contributed by atoms with Crippen molar-refractivity contribution in [3.63, 3.8) is 0 Å². The maximum absolute atomic E-state index is 5.72. The van der Waals surface area contributed by atoms with Crippen LogP contribution in [0.1, 0.15) is 26.1 Å². The zero-order valence-electron chi connectivity index (χ0n) is 10.6. The van der Waals surface area contributed by atoms with Crippen LogP contribution in [-0.4, -0.2) is 19.7 Å². The van der Waals surface area contributed by atoms with E-state index in [1.807, 2.05) is 13.1 Å². The van der Waals surface area contributed by atoms with E-state index < -0.39 is 0 Å². The number of nitrogens with zero attached hydrogens (tertiary/aromatic N) is 4. The molecular weight excluding hydrogens is 230 g/mol. The Kier molecular flexibility index (Phi) is 3.76. The second kappa shape index (κ2) is 5.48. The number of hydrogen-bond donors (Lipinski definition) is 1. The molecule has 0 saturated heterocycles. The number of hydrogen-bond acceptors (Lipinski definition) is 5. The smallest absolute Gasteiger partial charge is 0.224 e. The summed E-state index contributed by atoms with van der Waals surface area (Å²) in [6.45, 7) is 4.88. The van der Waals surface area contributed by atoms with Gasteiger partial charge in [0, 0.05) is 19.0 Å². The average molecular weight is 247 g/mol. The first-order valence-corrected chi connectivity index (χ1v) is 6.05. The summed E-state index contributed by atoms with van der Waals surface area (Å²) in [5.74, 6) is 2.24. The van der Waals surface area contributed by atoms with Crippen molar-refractivity contribution >= 4 is 5.82 Å². The third-order valence-electron chi connectivity index (χ3n) is 2.40. The first-order valence-electron chi connectivity index (χ1n) is 6.05. The Balaban J connectivity index is 2.17. The van der Waals surface area contributed by atoms with Crippen molar-refractivity contribution < 1.29 is 4.74 Å². The molecule has 0 aliphatic rings. The van der Waals surface area contributed by atoms with Crippen LogP contribution in [0, 0.1) is 0 Å². The van der Waals surface area contributed by atoms with Crippen LogP contribution in [0.4, 0.5) is 5.82 Å². The van der Waals surface area contributed by atoms with Gasteiger partial charge in [0.2, 0.25) is 5.88 Å². The fourth-order valence-corrected chi connectivity index (χ4v) is 1.57. The maximum atomic E-state index is 5.72. The number of anilines is 1. The SMILES string of the molecule is CCCc1nc(N)cc(Oc2cnn(CC)c2)n1. The molecule has 2 aromatic rings. The van der Waals surface area contributed by atoms with Gasteiger partial charge in [-0.3, -0.25) is 4.68 Å². The molecule has 0 atom stereocenters. The molecule has 0 amide bonds. The Hall–Kier alpha value is -2.11. The summed E-state index contributed by atoms with van der Waals surface area (Å²) in [6.07, 6.45) is 5.23. The molecule has 0 unspecified atom stereocenters. The minimum Gasteiger partial charge on any atom is -0.436 e. The Morgan fingerprint density at radius 3 is 2.83 bits per heavy atom. The summed E-state index contributed by atoms with van der Waals surface area (Å²) in [5, 5.41) is 4.13. The van der Waals surface area contributed by atoms with Gasteiger partial charge in [0.25, 0.3) is 0 Å². The van der Waals surface area contributed by atoms with Gasteiger partial charge in [-0.05, 0) is 13.3 Å². The molecule has 18 heavy (non-hydrogen) atoms. The van der Waals surface area contributed by atoms with Crippen molar-refractivity contribution in [1.82, 2.24) is 19.7 Å². The standard InChI is InChI=1S/C12H17N5O/c1-3-5-11-15-10(13)6-12(16-11)18-9-7-14-17(4-2)8-9/h6-8H,3-5H2,1-2H3,(H2,13,15,16). The fourth-order valence-electron chi connectivity index (χ4n) is 1.57. The molecule has 6 heteroatoms. The Morgan fingerprint density at radius 1 is 1.33 bits per heavy atom. The van der Waals surface area contributed by atoms with Crippen molar-refractivity contribution in [2.75, 3.05) is 5.73 Å². The van der Waals surface area contributed by atoms with Crippen molar-refractivity contribution in [2.24, 2.45) is 0 Å². The van der Waals surface area contributed by atoms with Crippen LogP contribution in [0.5, 0.6) is 11.6 Å². The molecule has 0 saturated carbocycles. The molecule has 96 valence electrons. The molecule has 0 spiro atoms. The van der Waals surface area contributed by atoms with Gasteiger partial charge in [-0.25, -0.2) is 4.98 Å². The minimum absolute atomic E-state index is 0.423. The van der Waals surface area contributed by atoms with Gasteiger partial charge in [-0.2, -0.15) is 10.1 Å². The van der Waals surface area contributed by atoms with E-state index >= 15 is 0 Å². The van der Waals surface area contributed by atoms with E-state index in [0.717, 1.165) is 19.4 Å². The van der Waals surface area contributed by atoms with Gasteiger partial charge in [-0.1, -0.05) is 6.92 Å². The summed E-state index contributed by atoms with van der Waals surface area (Å²) in [7, 11) is 0. The summed E-state index contributed by atoms with van der Waals surface area (Å²) in [5.41, 5.74) is 5.72. The van der Waals surface area contributed by atoms with Gasteiger partial charge in [0.1, 0.15) is 11.6 Å². The lowest BCUT2D eigenvalue weighted by Crippen LogP contribution is -2.01. The first kappa shape index (κ1) is 12.3. The van der Waals surface area contributed by atoms with E-state index in [1.165, 1.54) is 0 Å². The number of rotatable bonds is 5. The Bertz CT molecular complexity index is 523. The Labute approximate surface area is 106 Å². The highest BCUT2D eigenvalue weighted by atomic mass is 16.5. The molecule has 0 aliphatic carbocycles. The number of nitrogen functional groups attached to an aromatic ring is 1. The molecule has 2 N–H and O–H groups in total. The zero-order valence-corrected chi connectivity index (χ0v) is 10.6. The molecular formula is C12H17N5O. The lowest BCUT2D eigenvalue weighted by atomic mass is 10.3. The molecule has 0 bridgehead atoms. The van der Waals surface area contributed by atoms with Crippen LogP contribution in [0.3, 0.4) is 0 Å². The fraction of sp³-hybridized carbons (Fsp3) is 0.417. The summed E-state index contributed by atoms with van der Waals surface area (Å²) in [4.78, 5) is 8.46. The highest BCUT2D eigenvalue weighted by molar-refractivity contribution is 5.34. The van der Waals surface area contributed by atoms with Crippen LogP contribution in [-0.2, 0) is 13.0 Å². The van der Waals surface area contributed by atoms with Crippen molar-refractivity contribution in [3.8, 4) is 11.6 Å². The predicted octanol–water partition coefficient (Wildman–Crippen LogP) is 2.02. The molecule has 6 nitrogen and oxygen atoms in total. The lowest BCUT2D eigenvalue weighted by molar-refractivity contribution is 0.457. The van der Waals surface area contributed by atoms with Crippen molar-refractivity contribution in [2.45, 2.75) is 33.2 Å². The van der Waals surface area contributed by atoms with Crippen LogP contribution < -0.4 is 10.5 Å². The van der Waals surface area contributed by atoms with E-state index in [0.29, 0.717) is 23.3 Å². The largest absolute Gasteiger partial charge is 0.436 e. The van der Waals surface area contributed by atoms with Crippen molar-refractivity contribution in [3.05, 3.63) is 24.3 Å². The minimum atomic E-state index is 0.423. The van der Waals surface area contributed by atoms with E-state index in [4.69, 9.17) is 10.5 Å². The predicted molar refractivity (Wildman–Crippen MR) is 68.4 cm³/mol. The normalized spacial score (nSPS) is 10.6. The lowest BCUT2D eigenvalue weighted by Gasteiger charge is -2.05. The van der Waals surface area contributed by atoms with E-state index in [-0.39, 0.29) is 0 Å². The van der Waals surface area contributed by atoms with E-state index in [9.17, 15) is 0 Å². The van der Waals surface area contributed by atoms with Gasteiger partial charge in [0.05, 0.1) is 12.4 Å². The monoisotopic (exact) mass is 247 g/mol. The summed E-state index contributed by atoms with van der Waals surface area (Å²) >= 11 is 0. The highest BCUT2D eigenvalue weighted by Crippen LogP contribution is 2.20. The third kappa shape index (κ3) is 2.97. The quantitative estimate of drug-likeness (QED) is 0.874. The number of nitrogens with two attached hydrogens (primary N) is 1. The van der Waals surface area contributed by atoms with E-state index in [2.05, 4.69) is 22.0 Å². The molecule has 0 aromatic carbocycles. The molecule has 0 radical (unpaired) electrons. The highest BCUT2D eigenvalue weighted by Gasteiger charge is 2.06. The number of aryl methyl sites for hydroxylation is 2. The van der Waals surface area contributed by atoms with Gasteiger partial charge in [0.15, 0.2) is 5.75 Å². The van der Waals surface area contributed by atoms with Crippen LogP contribution in [0.25, 0.3) is 0 Å². The maximum Gasteiger partial charge on any atom is 0.224 e. The average Bonchev–Trinajstić information content (AvgIpc) is 2.76. The molecule has 2 heterocycles. The first-order chi connectivity index (χ1) is 8.71. The summed E-state index contributed by atoms with van der Waals surface area (Å²) in [6, 6.07) is 1.61. The second-order valence-electron chi connectivity index (χ2n) is 3.93. The number of ether oxygens (including phenoxy) is 1. The van der Waals surface area contributed by atoms with Gasteiger partial charge < -0.3 is 10.5 Å². The van der Waals surface area contributed by atoms with E-state index in [1.54, 1.807) is 16.9 Å². The second-order valence-corrected chi connectivity index (χ2v) is 3.93. The Morgan fingerprint density at radius 2 is 2.17 bits per heavy atom. The molecule has 0 fully saturated rings.